The van der Waals surface area contributed by atoms with Crippen molar-refractivity contribution in [1.29, 1.82) is 0 Å². The van der Waals surface area contributed by atoms with E-state index in [1.165, 1.54) is 20.9 Å². The fraction of sp³-hybridized carbons (Fsp3) is 0.375. The summed E-state index contributed by atoms with van der Waals surface area (Å²) >= 11 is 3.02. The van der Waals surface area contributed by atoms with Crippen molar-refractivity contribution in [3.8, 4) is 0 Å². The van der Waals surface area contributed by atoms with Crippen LogP contribution < -0.4 is 9.62 Å². The smallest absolute Gasteiger partial charge is 0.270 e. The molecule has 2 aromatic rings. The Hall–Kier alpha value is -2.07. The van der Waals surface area contributed by atoms with Gasteiger partial charge in [0.05, 0.1) is 11.4 Å². The molecule has 1 aliphatic rings. The van der Waals surface area contributed by atoms with Crippen LogP contribution >= 0.6 is 23.1 Å². The predicted molar refractivity (Wildman–Crippen MR) is 145 cm³/mol. The van der Waals surface area contributed by atoms with Crippen LogP contribution in [0.1, 0.15) is 35.7 Å². The molecule has 0 atom stereocenters. The van der Waals surface area contributed by atoms with E-state index in [4.69, 9.17) is 0 Å². The Balaban J connectivity index is 1.93. The summed E-state index contributed by atoms with van der Waals surface area (Å²) < 4.78 is 28.9. The Labute approximate surface area is 206 Å². The van der Waals surface area contributed by atoms with Gasteiger partial charge in [-0.1, -0.05) is 38.1 Å². The van der Waals surface area contributed by atoms with Crippen molar-refractivity contribution in [1.82, 2.24) is 9.88 Å². The summed E-state index contributed by atoms with van der Waals surface area (Å²) in [5.41, 5.74) is 2.35. The lowest BCUT2D eigenvalue weighted by atomic mass is 10.1. The number of hydrogen-bond donors (Lipinski definition) is 1. The Morgan fingerprint density at radius 1 is 1.24 bits per heavy atom. The second-order valence-corrected chi connectivity index (χ2v) is 11.9. The van der Waals surface area contributed by atoms with Crippen LogP contribution in [-0.4, -0.2) is 51.2 Å². The number of thiazole rings is 1. The summed E-state index contributed by atoms with van der Waals surface area (Å²) in [5, 5.41) is 4.16. The van der Waals surface area contributed by atoms with Crippen LogP contribution in [0.5, 0.6) is 0 Å². The summed E-state index contributed by atoms with van der Waals surface area (Å²) in [6, 6.07) is 5.75. The first-order chi connectivity index (χ1) is 15.9. The van der Waals surface area contributed by atoms with Crippen molar-refractivity contribution in [3.05, 3.63) is 62.3 Å². The van der Waals surface area contributed by atoms with Crippen LogP contribution in [0, 0.1) is 0 Å². The normalized spacial score (nSPS) is 14.2. The fourth-order valence-electron chi connectivity index (χ4n) is 3.41. The Bertz CT molecular complexity index is 1140. The average molecular weight is 505 g/mol. The summed E-state index contributed by atoms with van der Waals surface area (Å²) in [5.74, 6) is 0.663. The molecule has 178 valence electrons. The van der Waals surface area contributed by atoms with Crippen LogP contribution in [0.4, 0.5) is 11.4 Å². The SMILES string of the molecule is CCCN(c1cccc(/C=C/c2ncc(CN(C)CC)s2)c1NC)S(=O)(=O)C1=CC=CCS1. The molecule has 1 aliphatic heterocycles. The second kappa shape index (κ2) is 11.9. The maximum Gasteiger partial charge on any atom is 0.270 e. The van der Waals surface area contributed by atoms with Gasteiger partial charge < -0.3 is 10.2 Å². The summed E-state index contributed by atoms with van der Waals surface area (Å²) in [6.45, 7) is 6.41. The van der Waals surface area contributed by atoms with Gasteiger partial charge in [0.25, 0.3) is 10.0 Å². The zero-order valence-electron chi connectivity index (χ0n) is 19.6. The third-order valence-electron chi connectivity index (χ3n) is 5.20. The molecule has 0 saturated heterocycles. The van der Waals surface area contributed by atoms with E-state index in [0.717, 1.165) is 29.3 Å². The molecule has 1 aromatic heterocycles. The van der Waals surface area contributed by atoms with Crippen molar-refractivity contribution in [2.24, 2.45) is 0 Å². The van der Waals surface area contributed by atoms with Crippen molar-refractivity contribution < 1.29 is 8.42 Å². The van der Waals surface area contributed by atoms with Gasteiger partial charge in [0.1, 0.15) is 9.24 Å². The highest BCUT2D eigenvalue weighted by atomic mass is 32.3. The summed E-state index contributed by atoms with van der Waals surface area (Å²) in [6.07, 6.45) is 12.1. The van der Waals surface area contributed by atoms with Gasteiger partial charge in [-0.15, -0.1) is 23.1 Å². The monoisotopic (exact) mass is 504 g/mol. The summed E-state index contributed by atoms with van der Waals surface area (Å²) in [4.78, 5) is 7.98. The van der Waals surface area contributed by atoms with Gasteiger partial charge in [-0.3, -0.25) is 4.31 Å². The number of allylic oxidation sites excluding steroid dienone is 2. The molecule has 0 amide bonds. The number of para-hydroxylation sites is 1. The van der Waals surface area contributed by atoms with E-state index < -0.39 is 10.0 Å². The largest absolute Gasteiger partial charge is 0.386 e. The molecule has 1 aromatic carbocycles. The van der Waals surface area contributed by atoms with E-state index in [2.05, 4.69) is 29.2 Å². The highest BCUT2D eigenvalue weighted by Crippen LogP contribution is 2.37. The number of nitrogens with one attached hydrogen (secondary N) is 1. The van der Waals surface area contributed by atoms with E-state index in [1.807, 2.05) is 62.7 Å². The molecule has 0 unspecified atom stereocenters. The lowest BCUT2D eigenvalue weighted by molar-refractivity contribution is 0.348. The minimum atomic E-state index is -3.64. The summed E-state index contributed by atoms with van der Waals surface area (Å²) in [7, 11) is 0.278. The van der Waals surface area contributed by atoms with Crippen molar-refractivity contribution in [3.63, 3.8) is 0 Å². The molecule has 0 saturated carbocycles. The maximum atomic E-state index is 13.5. The first-order valence-electron chi connectivity index (χ1n) is 11.0. The third-order valence-corrected chi connectivity index (χ3v) is 9.51. The molecule has 0 aliphatic carbocycles. The molecule has 33 heavy (non-hydrogen) atoms. The predicted octanol–water partition coefficient (Wildman–Crippen LogP) is 5.50. The highest BCUT2D eigenvalue weighted by molar-refractivity contribution is 8.19. The number of thioether (sulfide) groups is 1. The van der Waals surface area contributed by atoms with E-state index in [-0.39, 0.29) is 0 Å². The molecular weight excluding hydrogens is 472 g/mol. The minimum absolute atomic E-state index is 0.383. The number of aromatic nitrogens is 1. The zero-order valence-corrected chi connectivity index (χ0v) is 22.1. The maximum absolute atomic E-state index is 13.5. The van der Waals surface area contributed by atoms with Crippen LogP contribution in [0.3, 0.4) is 0 Å². The van der Waals surface area contributed by atoms with Crippen molar-refractivity contribution in [2.75, 3.05) is 42.6 Å². The number of nitrogens with zero attached hydrogens (tertiary/aromatic N) is 3. The molecule has 0 bridgehead atoms. The van der Waals surface area contributed by atoms with Gasteiger partial charge in [0, 0.05) is 37.0 Å². The van der Waals surface area contributed by atoms with E-state index in [0.29, 0.717) is 28.6 Å². The molecule has 0 radical (unpaired) electrons. The van der Waals surface area contributed by atoms with Crippen molar-refractivity contribution >= 4 is 56.6 Å². The van der Waals surface area contributed by atoms with E-state index in [9.17, 15) is 8.42 Å². The number of benzene rings is 1. The van der Waals surface area contributed by atoms with Gasteiger partial charge >= 0.3 is 0 Å². The first kappa shape index (κ1) is 25.6. The van der Waals surface area contributed by atoms with Crippen LogP contribution in [0.2, 0.25) is 0 Å². The highest BCUT2D eigenvalue weighted by Gasteiger charge is 2.29. The first-order valence-corrected chi connectivity index (χ1v) is 14.3. The molecule has 0 fully saturated rings. The van der Waals surface area contributed by atoms with Gasteiger partial charge in [-0.05, 0) is 49.9 Å². The lowest BCUT2D eigenvalue weighted by Crippen LogP contribution is -2.33. The zero-order chi connectivity index (χ0) is 23.8. The van der Waals surface area contributed by atoms with Crippen LogP contribution in [0.15, 0.2) is 46.9 Å². The number of sulfonamides is 1. The van der Waals surface area contributed by atoms with E-state index >= 15 is 0 Å². The van der Waals surface area contributed by atoms with Crippen LogP contribution in [0.25, 0.3) is 12.2 Å². The van der Waals surface area contributed by atoms with Crippen LogP contribution in [-0.2, 0) is 16.6 Å². The molecule has 9 heteroatoms. The van der Waals surface area contributed by atoms with Gasteiger partial charge in [-0.2, -0.15) is 0 Å². The molecule has 2 heterocycles. The lowest BCUT2D eigenvalue weighted by Gasteiger charge is -2.28. The second-order valence-electron chi connectivity index (χ2n) is 7.62. The quantitative estimate of drug-likeness (QED) is 0.436. The Morgan fingerprint density at radius 2 is 2.06 bits per heavy atom. The van der Waals surface area contributed by atoms with Gasteiger partial charge in [0.15, 0.2) is 0 Å². The number of anilines is 2. The topological polar surface area (TPSA) is 65.5 Å². The Kier molecular flexibility index (Phi) is 9.19. The minimum Gasteiger partial charge on any atom is -0.386 e. The van der Waals surface area contributed by atoms with Gasteiger partial charge in [0.2, 0.25) is 0 Å². The number of hydrogen-bond acceptors (Lipinski definition) is 7. The Morgan fingerprint density at radius 3 is 2.73 bits per heavy atom. The standard InChI is InChI=1S/C24H32N4O2S3/c1-5-15-28(33(29,30)23-12-7-8-16-31-23)21-11-9-10-19(24(21)25-3)13-14-22-26-17-20(32-22)18-27(4)6-2/h7-14,17,25H,5-6,15-16,18H2,1-4H3/b14-13+. The molecule has 1 N–H and O–H groups in total. The molecule has 6 nitrogen and oxygen atoms in total. The molecular formula is C24H32N4O2S3. The molecule has 3 rings (SSSR count). The fourth-order valence-corrected chi connectivity index (χ4v) is 7.23. The average Bonchev–Trinajstić information content (AvgIpc) is 3.28. The van der Waals surface area contributed by atoms with Gasteiger partial charge in [-0.25, -0.2) is 13.4 Å². The van der Waals surface area contributed by atoms with E-state index in [1.54, 1.807) is 17.4 Å². The third kappa shape index (κ3) is 6.29. The number of rotatable bonds is 11. The molecule has 0 spiro atoms. The van der Waals surface area contributed by atoms with Crippen molar-refractivity contribution in [2.45, 2.75) is 26.8 Å².